The number of nitrogens with one attached hydrogen (secondary N) is 1. The van der Waals surface area contributed by atoms with Crippen LogP contribution in [0.5, 0.6) is 0 Å². The van der Waals surface area contributed by atoms with Gasteiger partial charge in [-0.2, -0.15) is 0 Å². The Hall–Kier alpha value is -1.42. The van der Waals surface area contributed by atoms with Crippen LogP contribution in [-0.2, 0) is 11.2 Å². The summed E-state index contributed by atoms with van der Waals surface area (Å²) in [5, 5.41) is 12.3. The summed E-state index contributed by atoms with van der Waals surface area (Å²) in [6, 6.07) is 6.10. The molecule has 0 aromatic heterocycles. The second kappa shape index (κ2) is 8.00. The molecule has 0 radical (unpaired) electrons. The molecule has 112 valence electrons. The number of aliphatic carboxylic acids is 1. The van der Waals surface area contributed by atoms with E-state index in [4.69, 9.17) is 0 Å². The summed E-state index contributed by atoms with van der Waals surface area (Å²) in [7, 11) is 0. The number of aryl methyl sites for hydroxylation is 1. The monoisotopic (exact) mass is 281 g/mol. The lowest BCUT2D eigenvalue weighted by Crippen LogP contribution is -2.43. The topological polar surface area (TPSA) is 49.3 Å². The van der Waals surface area contributed by atoms with Crippen LogP contribution in [0.15, 0.2) is 24.3 Å². The summed E-state index contributed by atoms with van der Waals surface area (Å²) in [6.07, 6.45) is 2.13. The highest BCUT2D eigenvalue weighted by atomic mass is 19.1. The van der Waals surface area contributed by atoms with Crippen LogP contribution in [0.25, 0.3) is 0 Å². The molecular weight excluding hydrogens is 257 g/mol. The highest BCUT2D eigenvalue weighted by Crippen LogP contribution is 2.10. The van der Waals surface area contributed by atoms with Crippen molar-refractivity contribution in [1.29, 1.82) is 0 Å². The van der Waals surface area contributed by atoms with Gasteiger partial charge in [0.2, 0.25) is 0 Å². The number of rotatable bonds is 8. The number of halogens is 1. The van der Waals surface area contributed by atoms with E-state index in [-0.39, 0.29) is 11.9 Å². The average Bonchev–Trinajstić information content (AvgIpc) is 2.35. The second-order valence-electron chi connectivity index (χ2n) is 5.76. The van der Waals surface area contributed by atoms with Gasteiger partial charge in [0.05, 0.1) is 0 Å². The summed E-state index contributed by atoms with van der Waals surface area (Å²) in [5.74, 6) is -0.707. The Kier molecular flexibility index (Phi) is 6.65. The van der Waals surface area contributed by atoms with Crippen molar-refractivity contribution in [3.05, 3.63) is 35.6 Å². The van der Waals surface area contributed by atoms with Crippen molar-refractivity contribution in [3.63, 3.8) is 0 Å². The number of hydrogen-bond acceptors (Lipinski definition) is 2. The fourth-order valence-corrected chi connectivity index (χ4v) is 2.21. The highest BCUT2D eigenvalue weighted by molar-refractivity contribution is 5.73. The molecule has 1 aromatic carbocycles. The Bertz CT molecular complexity index is 434. The zero-order valence-corrected chi connectivity index (χ0v) is 12.4. The zero-order valence-electron chi connectivity index (χ0n) is 12.4. The molecule has 0 spiro atoms. The minimum Gasteiger partial charge on any atom is -0.480 e. The standard InChI is InChI=1S/C16H24FNO2/c1-11(2)9-15(16(19)20)18-12(3)7-8-13-5-4-6-14(17)10-13/h4-6,10-12,15,18H,7-9H2,1-3H3,(H,19,20). The van der Waals surface area contributed by atoms with Crippen molar-refractivity contribution in [3.8, 4) is 0 Å². The van der Waals surface area contributed by atoms with Crippen LogP contribution >= 0.6 is 0 Å². The summed E-state index contributed by atoms with van der Waals surface area (Å²) >= 11 is 0. The van der Waals surface area contributed by atoms with Gasteiger partial charge < -0.3 is 10.4 Å². The van der Waals surface area contributed by atoms with Crippen LogP contribution in [0.1, 0.15) is 39.2 Å². The summed E-state index contributed by atoms with van der Waals surface area (Å²) < 4.78 is 13.1. The number of carboxylic acid groups (broad SMARTS) is 1. The van der Waals surface area contributed by atoms with Crippen molar-refractivity contribution in [2.24, 2.45) is 5.92 Å². The Morgan fingerprint density at radius 1 is 1.35 bits per heavy atom. The van der Waals surface area contributed by atoms with E-state index in [1.54, 1.807) is 6.07 Å². The molecule has 4 heteroatoms. The third kappa shape index (κ3) is 6.15. The molecule has 3 nitrogen and oxygen atoms in total. The Labute approximate surface area is 120 Å². The third-order valence-corrected chi connectivity index (χ3v) is 3.25. The van der Waals surface area contributed by atoms with Gasteiger partial charge in [-0.25, -0.2) is 4.39 Å². The summed E-state index contributed by atoms with van der Waals surface area (Å²) in [4.78, 5) is 11.2. The van der Waals surface area contributed by atoms with Gasteiger partial charge >= 0.3 is 5.97 Å². The van der Waals surface area contributed by atoms with Crippen molar-refractivity contribution < 1.29 is 14.3 Å². The Morgan fingerprint density at radius 2 is 2.05 bits per heavy atom. The predicted octanol–water partition coefficient (Wildman–Crippen LogP) is 3.24. The first-order valence-electron chi connectivity index (χ1n) is 7.11. The maximum Gasteiger partial charge on any atom is 0.320 e. The summed E-state index contributed by atoms with van der Waals surface area (Å²) in [5.41, 5.74) is 0.939. The van der Waals surface area contributed by atoms with Gasteiger partial charge in [0, 0.05) is 6.04 Å². The van der Waals surface area contributed by atoms with Crippen LogP contribution in [0, 0.1) is 11.7 Å². The van der Waals surface area contributed by atoms with E-state index in [9.17, 15) is 14.3 Å². The molecule has 0 saturated carbocycles. The molecule has 1 rings (SSSR count). The Morgan fingerprint density at radius 3 is 2.60 bits per heavy atom. The Balaban J connectivity index is 2.45. The van der Waals surface area contributed by atoms with Gasteiger partial charge in [-0.05, 0) is 49.8 Å². The molecular formula is C16H24FNO2. The van der Waals surface area contributed by atoms with E-state index in [1.807, 2.05) is 26.8 Å². The maximum atomic E-state index is 13.1. The lowest BCUT2D eigenvalue weighted by Gasteiger charge is -2.21. The quantitative estimate of drug-likeness (QED) is 0.769. The van der Waals surface area contributed by atoms with Crippen molar-refractivity contribution >= 4 is 5.97 Å². The molecule has 0 aliphatic rings. The first-order valence-corrected chi connectivity index (χ1v) is 7.11. The maximum absolute atomic E-state index is 13.1. The summed E-state index contributed by atoms with van der Waals surface area (Å²) in [6.45, 7) is 5.99. The number of hydrogen-bond donors (Lipinski definition) is 2. The molecule has 2 atom stereocenters. The SMILES string of the molecule is CC(C)CC(NC(C)CCc1cccc(F)c1)C(=O)O. The fraction of sp³-hybridized carbons (Fsp3) is 0.562. The second-order valence-corrected chi connectivity index (χ2v) is 5.76. The minimum atomic E-state index is -0.809. The van der Waals surface area contributed by atoms with E-state index < -0.39 is 12.0 Å². The smallest absolute Gasteiger partial charge is 0.320 e. The van der Waals surface area contributed by atoms with E-state index in [0.29, 0.717) is 12.3 Å². The van der Waals surface area contributed by atoms with Gasteiger partial charge in [-0.3, -0.25) is 4.79 Å². The first kappa shape index (κ1) is 16.6. The van der Waals surface area contributed by atoms with Gasteiger partial charge in [-0.15, -0.1) is 0 Å². The fourth-order valence-electron chi connectivity index (χ4n) is 2.21. The molecule has 0 amide bonds. The minimum absolute atomic E-state index is 0.0816. The average molecular weight is 281 g/mol. The molecule has 20 heavy (non-hydrogen) atoms. The van der Waals surface area contributed by atoms with Crippen LogP contribution in [0.3, 0.4) is 0 Å². The van der Waals surface area contributed by atoms with E-state index in [2.05, 4.69) is 5.32 Å². The number of carbonyl (C=O) groups is 1. The first-order chi connectivity index (χ1) is 9.38. The van der Waals surface area contributed by atoms with E-state index in [1.165, 1.54) is 12.1 Å². The molecule has 0 heterocycles. The molecule has 2 N–H and O–H groups in total. The molecule has 0 fully saturated rings. The van der Waals surface area contributed by atoms with Gasteiger partial charge in [0.1, 0.15) is 11.9 Å². The van der Waals surface area contributed by atoms with Crippen LogP contribution in [0.4, 0.5) is 4.39 Å². The lowest BCUT2D eigenvalue weighted by molar-refractivity contribution is -0.140. The lowest BCUT2D eigenvalue weighted by atomic mass is 10.0. The van der Waals surface area contributed by atoms with Crippen molar-refractivity contribution in [2.45, 2.75) is 52.1 Å². The molecule has 0 aliphatic heterocycles. The van der Waals surface area contributed by atoms with Gasteiger partial charge in [0.15, 0.2) is 0 Å². The van der Waals surface area contributed by atoms with Crippen molar-refractivity contribution in [2.75, 3.05) is 0 Å². The highest BCUT2D eigenvalue weighted by Gasteiger charge is 2.20. The normalized spacial score (nSPS) is 14.2. The predicted molar refractivity (Wildman–Crippen MR) is 78.2 cm³/mol. The third-order valence-electron chi connectivity index (χ3n) is 3.25. The van der Waals surface area contributed by atoms with Gasteiger partial charge in [0.25, 0.3) is 0 Å². The van der Waals surface area contributed by atoms with Crippen LogP contribution in [0.2, 0.25) is 0 Å². The van der Waals surface area contributed by atoms with Crippen LogP contribution in [-0.4, -0.2) is 23.2 Å². The molecule has 0 aliphatic carbocycles. The molecule has 2 unspecified atom stereocenters. The number of carboxylic acids is 1. The number of benzene rings is 1. The zero-order chi connectivity index (χ0) is 15.1. The molecule has 1 aromatic rings. The molecule has 0 bridgehead atoms. The largest absolute Gasteiger partial charge is 0.480 e. The van der Waals surface area contributed by atoms with Crippen LogP contribution < -0.4 is 5.32 Å². The van der Waals surface area contributed by atoms with E-state index >= 15 is 0 Å². The molecule has 0 saturated heterocycles. The van der Waals surface area contributed by atoms with E-state index in [0.717, 1.165) is 18.4 Å². The van der Waals surface area contributed by atoms with Gasteiger partial charge in [-0.1, -0.05) is 26.0 Å². The van der Waals surface area contributed by atoms with Crippen molar-refractivity contribution in [1.82, 2.24) is 5.32 Å².